The van der Waals surface area contributed by atoms with E-state index in [4.69, 9.17) is 5.84 Å². The van der Waals surface area contributed by atoms with Gasteiger partial charge in [0.1, 0.15) is 0 Å². The smallest absolute Gasteiger partial charge is 0.154 e. The summed E-state index contributed by atoms with van der Waals surface area (Å²) < 4.78 is 23.1. The van der Waals surface area contributed by atoms with Crippen molar-refractivity contribution in [2.24, 2.45) is 17.7 Å². The molecule has 1 saturated carbocycles. The molecule has 5 heteroatoms. The van der Waals surface area contributed by atoms with Gasteiger partial charge >= 0.3 is 0 Å². The molecule has 108 valence electrons. The van der Waals surface area contributed by atoms with E-state index in [0.717, 1.165) is 18.8 Å². The van der Waals surface area contributed by atoms with Gasteiger partial charge in [-0.15, -0.1) is 0 Å². The monoisotopic (exact) mass is 276 g/mol. The van der Waals surface area contributed by atoms with E-state index in [9.17, 15) is 8.42 Å². The third-order valence-electron chi connectivity index (χ3n) is 4.76. The van der Waals surface area contributed by atoms with Gasteiger partial charge in [0.05, 0.1) is 4.75 Å². The van der Waals surface area contributed by atoms with Gasteiger partial charge in [0.15, 0.2) is 9.84 Å². The molecule has 18 heavy (non-hydrogen) atoms. The Morgan fingerprint density at radius 2 is 2.00 bits per heavy atom. The number of hydrazine groups is 1. The Balaban J connectivity index is 2.89. The Kier molecular flexibility index (Phi) is 5.21. The number of rotatable bonds is 5. The normalized spacial score (nSPS) is 28.1. The zero-order valence-corrected chi connectivity index (χ0v) is 12.9. The molecule has 1 aliphatic carbocycles. The van der Waals surface area contributed by atoms with Crippen LogP contribution >= 0.6 is 0 Å². The van der Waals surface area contributed by atoms with Gasteiger partial charge in [0.2, 0.25) is 0 Å². The van der Waals surface area contributed by atoms with Gasteiger partial charge in [-0.1, -0.05) is 26.2 Å². The lowest BCUT2D eigenvalue weighted by molar-refractivity contribution is 0.186. The first-order chi connectivity index (χ1) is 8.24. The van der Waals surface area contributed by atoms with E-state index in [0.29, 0.717) is 5.92 Å². The molecule has 0 amide bonds. The van der Waals surface area contributed by atoms with Crippen LogP contribution in [0.1, 0.15) is 52.9 Å². The first-order valence-corrected chi connectivity index (χ1v) is 8.78. The third-order valence-corrected chi connectivity index (χ3v) is 6.92. The SMILES string of the molecule is CCC1CCCC(C(NN)C(C)(C)S(C)(=O)=O)C1. The zero-order chi connectivity index (χ0) is 14.0. The van der Waals surface area contributed by atoms with Crippen molar-refractivity contribution in [2.75, 3.05) is 6.26 Å². The molecule has 0 aromatic heterocycles. The summed E-state index contributed by atoms with van der Waals surface area (Å²) in [5, 5.41) is 0. The maximum atomic E-state index is 12.0. The standard InChI is InChI=1S/C13H28N2O2S/c1-5-10-7-6-8-11(9-10)12(15-14)13(2,3)18(4,16)17/h10-12,15H,5-9,14H2,1-4H3. The van der Waals surface area contributed by atoms with Crippen LogP contribution in [0, 0.1) is 11.8 Å². The Labute approximate surface area is 112 Å². The van der Waals surface area contributed by atoms with E-state index in [1.165, 1.54) is 25.5 Å². The van der Waals surface area contributed by atoms with Gasteiger partial charge in [-0.2, -0.15) is 0 Å². The fraction of sp³-hybridized carbons (Fsp3) is 1.00. The summed E-state index contributed by atoms with van der Waals surface area (Å²) >= 11 is 0. The second kappa shape index (κ2) is 5.88. The largest absolute Gasteiger partial charge is 0.271 e. The van der Waals surface area contributed by atoms with E-state index in [-0.39, 0.29) is 6.04 Å². The van der Waals surface area contributed by atoms with Crippen LogP contribution in [-0.4, -0.2) is 25.5 Å². The van der Waals surface area contributed by atoms with Crippen molar-refractivity contribution in [3.8, 4) is 0 Å². The molecular formula is C13H28N2O2S. The van der Waals surface area contributed by atoms with Crippen LogP contribution in [0.5, 0.6) is 0 Å². The Bertz CT molecular complexity index is 365. The molecule has 4 nitrogen and oxygen atoms in total. The second-order valence-corrected chi connectivity index (χ2v) is 8.82. The number of sulfone groups is 1. The molecule has 3 N–H and O–H groups in total. The molecule has 0 radical (unpaired) electrons. The molecule has 3 unspecified atom stereocenters. The summed E-state index contributed by atoms with van der Waals surface area (Å²) in [4.78, 5) is 0. The van der Waals surface area contributed by atoms with Crippen molar-refractivity contribution in [3.63, 3.8) is 0 Å². The lowest BCUT2D eigenvalue weighted by Gasteiger charge is -2.41. The molecule has 1 rings (SSSR count). The number of hydrogen-bond acceptors (Lipinski definition) is 4. The maximum Gasteiger partial charge on any atom is 0.154 e. The minimum atomic E-state index is -3.13. The molecule has 1 aliphatic rings. The maximum absolute atomic E-state index is 12.0. The van der Waals surface area contributed by atoms with Gasteiger partial charge < -0.3 is 0 Å². The topological polar surface area (TPSA) is 72.2 Å². The number of nitrogens with two attached hydrogens (primary N) is 1. The fourth-order valence-corrected chi connectivity index (χ4v) is 3.86. The van der Waals surface area contributed by atoms with Crippen LogP contribution in [-0.2, 0) is 9.84 Å². The highest BCUT2D eigenvalue weighted by molar-refractivity contribution is 7.92. The highest BCUT2D eigenvalue weighted by Gasteiger charge is 2.43. The van der Waals surface area contributed by atoms with Crippen LogP contribution in [0.2, 0.25) is 0 Å². The average molecular weight is 276 g/mol. The number of nitrogens with one attached hydrogen (secondary N) is 1. The minimum Gasteiger partial charge on any atom is -0.271 e. The van der Waals surface area contributed by atoms with E-state index in [2.05, 4.69) is 12.3 Å². The molecule has 0 aromatic carbocycles. The quantitative estimate of drug-likeness (QED) is 0.594. The Morgan fingerprint density at radius 1 is 1.39 bits per heavy atom. The first kappa shape index (κ1) is 15.9. The molecule has 0 aromatic rings. The van der Waals surface area contributed by atoms with Gasteiger partial charge in [-0.05, 0) is 38.5 Å². The van der Waals surface area contributed by atoms with Crippen LogP contribution in [0.25, 0.3) is 0 Å². The first-order valence-electron chi connectivity index (χ1n) is 6.89. The van der Waals surface area contributed by atoms with Crippen LogP contribution < -0.4 is 11.3 Å². The molecule has 3 atom stereocenters. The highest BCUT2D eigenvalue weighted by Crippen LogP contribution is 2.37. The van der Waals surface area contributed by atoms with Crippen molar-refractivity contribution in [3.05, 3.63) is 0 Å². The van der Waals surface area contributed by atoms with Gasteiger partial charge in [0.25, 0.3) is 0 Å². The van der Waals surface area contributed by atoms with Gasteiger partial charge in [-0.25, -0.2) is 8.42 Å². The van der Waals surface area contributed by atoms with Crippen molar-refractivity contribution in [1.82, 2.24) is 5.43 Å². The van der Waals surface area contributed by atoms with Crippen molar-refractivity contribution >= 4 is 9.84 Å². The zero-order valence-electron chi connectivity index (χ0n) is 12.1. The predicted octanol–water partition coefficient (Wildman–Crippen LogP) is 1.86. The van der Waals surface area contributed by atoms with Crippen LogP contribution in [0.4, 0.5) is 0 Å². The third kappa shape index (κ3) is 3.25. The Hall–Kier alpha value is -0.130. The second-order valence-electron chi connectivity index (χ2n) is 6.22. The van der Waals surface area contributed by atoms with E-state index >= 15 is 0 Å². The number of hydrogen-bond donors (Lipinski definition) is 2. The van der Waals surface area contributed by atoms with Crippen LogP contribution in [0.15, 0.2) is 0 Å². The van der Waals surface area contributed by atoms with Crippen molar-refractivity contribution < 1.29 is 8.42 Å². The van der Waals surface area contributed by atoms with Crippen molar-refractivity contribution in [1.29, 1.82) is 0 Å². The van der Waals surface area contributed by atoms with E-state index in [1.54, 1.807) is 13.8 Å². The molecule has 0 aliphatic heterocycles. The predicted molar refractivity (Wildman–Crippen MR) is 75.8 cm³/mol. The molecule has 0 heterocycles. The highest BCUT2D eigenvalue weighted by atomic mass is 32.2. The fourth-order valence-electron chi connectivity index (χ4n) is 3.14. The summed E-state index contributed by atoms with van der Waals surface area (Å²) in [5.74, 6) is 6.74. The lowest BCUT2D eigenvalue weighted by Crippen LogP contribution is -2.58. The van der Waals surface area contributed by atoms with Crippen LogP contribution in [0.3, 0.4) is 0 Å². The summed E-state index contributed by atoms with van der Waals surface area (Å²) in [6, 6.07) is -0.165. The van der Waals surface area contributed by atoms with E-state index < -0.39 is 14.6 Å². The molecule has 0 spiro atoms. The lowest BCUT2D eigenvalue weighted by atomic mass is 9.74. The summed E-state index contributed by atoms with van der Waals surface area (Å²) in [6.07, 6.45) is 7.09. The van der Waals surface area contributed by atoms with Gasteiger partial charge in [-0.3, -0.25) is 11.3 Å². The summed E-state index contributed by atoms with van der Waals surface area (Å²) in [7, 11) is -3.13. The van der Waals surface area contributed by atoms with Crippen molar-refractivity contribution in [2.45, 2.75) is 63.7 Å². The molecule has 0 saturated heterocycles. The van der Waals surface area contributed by atoms with Gasteiger partial charge in [0, 0.05) is 12.3 Å². The molecule has 1 fully saturated rings. The van der Waals surface area contributed by atoms with E-state index in [1.807, 2.05) is 0 Å². The summed E-state index contributed by atoms with van der Waals surface area (Å²) in [6.45, 7) is 5.77. The Morgan fingerprint density at radius 3 is 2.44 bits per heavy atom. The minimum absolute atomic E-state index is 0.165. The molecular weight excluding hydrogens is 248 g/mol. The summed E-state index contributed by atoms with van der Waals surface area (Å²) in [5.41, 5.74) is 2.78. The molecule has 0 bridgehead atoms. The average Bonchev–Trinajstić information content (AvgIpc) is 2.28.